The minimum absolute atomic E-state index is 0.0196. The van der Waals surface area contributed by atoms with Crippen LogP contribution in [0.3, 0.4) is 0 Å². The zero-order valence-electron chi connectivity index (χ0n) is 21.0. The lowest BCUT2D eigenvalue weighted by molar-refractivity contribution is -0.135. The lowest BCUT2D eigenvalue weighted by Crippen LogP contribution is -2.51. The number of anilines is 1. The number of nitrogens with zero attached hydrogens (tertiary/aromatic N) is 3. The summed E-state index contributed by atoms with van der Waals surface area (Å²) in [4.78, 5) is 33.3. The van der Waals surface area contributed by atoms with Crippen molar-refractivity contribution in [3.05, 3.63) is 95.6 Å². The fourth-order valence-corrected chi connectivity index (χ4v) is 5.49. The molecule has 0 radical (unpaired) electrons. The lowest BCUT2D eigenvalue weighted by Gasteiger charge is -2.38. The summed E-state index contributed by atoms with van der Waals surface area (Å²) in [7, 11) is 1.65. The molecule has 0 bridgehead atoms. The summed E-state index contributed by atoms with van der Waals surface area (Å²) in [5.74, 6) is 0.586. The third-order valence-corrected chi connectivity index (χ3v) is 7.54. The highest BCUT2D eigenvalue weighted by atomic mass is 16.5. The van der Waals surface area contributed by atoms with Crippen LogP contribution in [0.4, 0.5) is 5.69 Å². The molecule has 6 nitrogen and oxygen atoms in total. The highest BCUT2D eigenvalue weighted by Gasteiger charge is 2.42. The van der Waals surface area contributed by atoms with Gasteiger partial charge in [-0.3, -0.25) is 9.59 Å². The van der Waals surface area contributed by atoms with Crippen LogP contribution in [0, 0.1) is 12.8 Å². The van der Waals surface area contributed by atoms with Gasteiger partial charge in [0, 0.05) is 56.4 Å². The number of benzene rings is 3. The van der Waals surface area contributed by atoms with Crippen LogP contribution in [0.1, 0.15) is 27.4 Å². The van der Waals surface area contributed by atoms with Crippen LogP contribution in [0.5, 0.6) is 5.75 Å². The van der Waals surface area contributed by atoms with Crippen molar-refractivity contribution in [2.24, 2.45) is 5.92 Å². The van der Waals surface area contributed by atoms with Crippen molar-refractivity contribution in [2.75, 3.05) is 51.3 Å². The molecule has 0 unspecified atom stereocenters. The molecule has 0 N–H and O–H groups in total. The van der Waals surface area contributed by atoms with Gasteiger partial charge in [0.1, 0.15) is 5.75 Å². The number of piperazine rings is 1. The first kappa shape index (κ1) is 23.9. The fourth-order valence-electron chi connectivity index (χ4n) is 5.49. The van der Waals surface area contributed by atoms with Gasteiger partial charge < -0.3 is 19.4 Å². The van der Waals surface area contributed by atoms with E-state index in [4.69, 9.17) is 4.74 Å². The predicted octanol–water partition coefficient (Wildman–Crippen LogP) is 4.21. The number of hydrogen-bond acceptors (Lipinski definition) is 4. The number of ether oxygens (including phenoxy) is 1. The number of para-hydroxylation sites is 1. The van der Waals surface area contributed by atoms with Crippen molar-refractivity contribution in [1.82, 2.24) is 9.80 Å². The quantitative estimate of drug-likeness (QED) is 0.546. The van der Waals surface area contributed by atoms with E-state index in [-0.39, 0.29) is 23.7 Å². The number of methoxy groups -OCH3 is 1. The van der Waals surface area contributed by atoms with Crippen LogP contribution in [0.25, 0.3) is 0 Å². The number of rotatable bonds is 5. The van der Waals surface area contributed by atoms with Gasteiger partial charge in [-0.1, -0.05) is 48.5 Å². The molecule has 2 aliphatic rings. The van der Waals surface area contributed by atoms with E-state index in [1.54, 1.807) is 7.11 Å². The monoisotopic (exact) mass is 483 g/mol. The maximum absolute atomic E-state index is 13.9. The summed E-state index contributed by atoms with van der Waals surface area (Å²) in [5, 5.41) is 0. The lowest BCUT2D eigenvalue weighted by atomic mass is 9.87. The molecule has 3 aromatic carbocycles. The van der Waals surface area contributed by atoms with Gasteiger partial charge in [0.25, 0.3) is 5.91 Å². The van der Waals surface area contributed by atoms with Gasteiger partial charge in [0.15, 0.2) is 0 Å². The molecule has 2 amide bonds. The standard InChI is InChI=1S/C30H33N3O3/c1-22-8-6-7-11-28(22)31-16-18-32(19-17-31)30(35)27-21-33(29(34)24-9-4-3-5-10-24)20-26(27)23-12-14-25(36-2)15-13-23/h3-15,26-27H,16-21H2,1-2H3/t26-,27+/m1/s1. The van der Waals surface area contributed by atoms with Gasteiger partial charge in [-0.05, 0) is 48.4 Å². The Labute approximate surface area is 213 Å². The van der Waals surface area contributed by atoms with E-state index in [0.29, 0.717) is 31.7 Å². The third kappa shape index (κ3) is 4.81. The van der Waals surface area contributed by atoms with Gasteiger partial charge in [-0.25, -0.2) is 0 Å². The molecule has 2 heterocycles. The molecule has 2 fully saturated rings. The summed E-state index contributed by atoms with van der Waals surface area (Å²) >= 11 is 0. The molecule has 0 aliphatic carbocycles. The Morgan fingerprint density at radius 1 is 0.778 bits per heavy atom. The van der Waals surface area contributed by atoms with Crippen LogP contribution >= 0.6 is 0 Å². The number of hydrogen-bond donors (Lipinski definition) is 0. The topological polar surface area (TPSA) is 53.1 Å². The van der Waals surface area contributed by atoms with E-state index in [1.165, 1.54) is 11.3 Å². The van der Waals surface area contributed by atoms with Crippen LogP contribution < -0.4 is 9.64 Å². The molecule has 5 rings (SSSR count). The normalized spacial score (nSPS) is 19.9. The zero-order chi connectivity index (χ0) is 25.1. The molecule has 0 aromatic heterocycles. The highest BCUT2D eigenvalue weighted by molar-refractivity contribution is 5.95. The van der Waals surface area contributed by atoms with Crippen molar-refractivity contribution in [2.45, 2.75) is 12.8 Å². The molecule has 2 saturated heterocycles. The van der Waals surface area contributed by atoms with Crippen LogP contribution in [0.15, 0.2) is 78.9 Å². The van der Waals surface area contributed by atoms with Gasteiger partial charge in [0.2, 0.25) is 5.91 Å². The summed E-state index contributed by atoms with van der Waals surface area (Å²) in [6.45, 7) is 6.08. The second-order valence-electron chi connectivity index (χ2n) is 9.66. The van der Waals surface area contributed by atoms with Gasteiger partial charge >= 0.3 is 0 Å². The molecule has 2 aliphatic heterocycles. The molecule has 186 valence electrons. The Hall–Kier alpha value is -3.80. The summed E-state index contributed by atoms with van der Waals surface area (Å²) < 4.78 is 5.33. The minimum atomic E-state index is -0.268. The number of aryl methyl sites for hydroxylation is 1. The maximum atomic E-state index is 13.9. The van der Waals surface area contributed by atoms with Crippen molar-refractivity contribution >= 4 is 17.5 Å². The van der Waals surface area contributed by atoms with Gasteiger partial charge in [-0.15, -0.1) is 0 Å². The first-order valence-electron chi connectivity index (χ1n) is 12.6. The Bertz CT molecular complexity index is 1200. The molecule has 0 saturated carbocycles. The second kappa shape index (κ2) is 10.4. The molecular formula is C30H33N3O3. The average Bonchev–Trinajstić information content (AvgIpc) is 3.39. The van der Waals surface area contributed by atoms with Crippen molar-refractivity contribution in [3.63, 3.8) is 0 Å². The van der Waals surface area contributed by atoms with Crippen LogP contribution in [0.2, 0.25) is 0 Å². The highest BCUT2D eigenvalue weighted by Crippen LogP contribution is 2.36. The summed E-state index contributed by atoms with van der Waals surface area (Å²) in [6, 6.07) is 25.6. The van der Waals surface area contributed by atoms with E-state index < -0.39 is 0 Å². The SMILES string of the molecule is COc1ccc([C@H]2CN(C(=O)c3ccccc3)C[C@@H]2C(=O)N2CCN(c3ccccc3C)CC2)cc1. The maximum Gasteiger partial charge on any atom is 0.253 e. The molecule has 2 atom stereocenters. The number of likely N-dealkylation sites (tertiary alicyclic amines) is 1. The zero-order valence-corrected chi connectivity index (χ0v) is 21.0. The van der Waals surface area contributed by atoms with Crippen molar-refractivity contribution in [1.29, 1.82) is 0 Å². The third-order valence-electron chi connectivity index (χ3n) is 7.54. The molecule has 0 spiro atoms. The fraction of sp³-hybridized carbons (Fsp3) is 0.333. The molecular weight excluding hydrogens is 450 g/mol. The van der Waals surface area contributed by atoms with Crippen LogP contribution in [-0.4, -0.2) is 68.0 Å². The summed E-state index contributed by atoms with van der Waals surface area (Å²) in [6.07, 6.45) is 0. The molecule has 36 heavy (non-hydrogen) atoms. The first-order valence-corrected chi connectivity index (χ1v) is 12.6. The minimum Gasteiger partial charge on any atom is -0.497 e. The van der Waals surface area contributed by atoms with E-state index in [0.717, 1.165) is 24.4 Å². The van der Waals surface area contributed by atoms with Gasteiger partial charge in [-0.2, -0.15) is 0 Å². The number of carbonyl (C=O) groups excluding carboxylic acids is 2. The van der Waals surface area contributed by atoms with E-state index in [9.17, 15) is 9.59 Å². The van der Waals surface area contributed by atoms with E-state index in [2.05, 4.69) is 36.1 Å². The first-order chi connectivity index (χ1) is 17.5. The van der Waals surface area contributed by atoms with Crippen LogP contribution in [-0.2, 0) is 4.79 Å². The predicted molar refractivity (Wildman–Crippen MR) is 142 cm³/mol. The molecule has 6 heteroatoms. The Morgan fingerprint density at radius 3 is 2.11 bits per heavy atom. The average molecular weight is 484 g/mol. The number of amides is 2. The van der Waals surface area contributed by atoms with Gasteiger partial charge in [0.05, 0.1) is 13.0 Å². The van der Waals surface area contributed by atoms with Crippen molar-refractivity contribution < 1.29 is 14.3 Å². The summed E-state index contributed by atoms with van der Waals surface area (Å²) in [5.41, 5.74) is 4.21. The largest absolute Gasteiger partial charge is 0.497 e. The Morgan fingerprint density at radius 2 is 1.44 bits per heavy atom. The smallest absolute Gasteiger partial charge is 0.253 e. The Balaban J connectivity index is 1.34. The van der Waals surface area contributed by atoms with E-state index in [1.807, 2.05) is 64.4 Å². The second-order valence-corrected chi connectivity index (χ2v) is 9.66. The molecule has 3 aromatic rings. The van der Waals surface area contributed by atoms with E-state index >= 15 is 0 Å². The van der Waals surface area contributed by atoms with Crippen molar-refractivity contribution in [3.8, 4) is 5.75 Å². The Kier molecular flexibility index (Phi) is 6.94. The number of carbonyl (C=O) groups is 2.